The lowest BCUT2D eigenvalue weighted by Gasteiger charge is -2.00. The van der Waals surface area contributed by atoms with Gasteiger partial charge >= 0.3 is 0 Å². The summed E-state index contributed by atoms with van der Waals surface area (Å²) in [5.41, 5.74) is 1.68. The van der Waals surface area contributed by atoms with Gasteiger partial charge in [-0.05, 0) is 30.3 Å². The molecule has 0 atom stereocenters. The first kappa shape index (κ1) is 16.3. The Hall–Kier alpha value is -3.13. The Balaban J connectivity index is 1.43. The van der Waals surface area contributed by atoms with Crippen LogP contribution in [0.1, 0.15) is 5.89 Å². The van der Waals surface area contributed by atoms with E-state index in [2.05, 4.69) is 20.4 Å². The molecule has 0 saturated heterocycles. The lowest BCUT2D eigenvalue weighted by Crippen LogP contribution is -1.83. The fraction of sp³-hybridized carbons (Fsp3) is 0.111. The van der Waals surface area contributed by atoms with Crippen molar-refractivity contribution in [2.24, 2.45) is 0 Å². The van der Waals surface area contributed by atoms with Crippen LogP contribution in [0, 0.1) is 0 Å². The molecule has 2 aromatic carbocycles. The van der Waals surface area contributed by atoms with Gasteiger partial charge in [0.15, 0.2) is 0 Å². The van der Waals surface area contributed by atoms with Gasteiger partial charge in [0, 0.05) is 11.1 Å². The third-order valence-corrected chi connectivity index (χ3v) is 4.33. The Labute approximate surface area is 153 Å². The largest absolute Gasteiger partial charge is 0.497 e. The average molecular weight is 366 g/mol. The van der Waals surface area contributed by atoms with Crippen LogP contribution in [-0.4, -0.2) is 27.5 Å². The van der Waals surface area contributed by atoms with Gasteiger partial charge in [-0.1, -0.05) is 36.0 Å². The number of hydrogen-bond donors (Lipinski definition) is 0. The van der Waals surface area contributed by atoms with Crippen molar-refractivity contribution in [1.82, 2.24) is 20.4 Å². The quantitative estimate of drug-likeness (QED) is 0.472. The number of hydrogen-bond acceptors (Lipinski definition) is 8. The van der Waals surface area contributed by atoms with Crippen LogP contribution in [0.3, 0.4) is 0 Å². The summed E-state index contributed by atoms with van der Waals surface area (Å²) in [5, 5.41) is 16.7. The first-order chi connectivity index (χ1) is 12.8. The van der Waals surface area contributed by atoms with Gasteiger partial charge in [0.2, 0.25) is 17.7 Å². The van der Waals surface area contributed by atoms with Gasteiger partial charge in [-0.25, -0.2) is 0 Å². The van der Waals surface area contributed by atoms with Crippen molar-refractivity contribution in [2.75, 3.05) is 7.11 Å². The first-order valence-electron chi connectivity index (χ1n) is 7.80. The molecule has 0 aliphatic rings. The Bertz CT molecular complexity index is 1000. The Morgan fingerprint density at radius 1 is 0.846 bits per heavy atom. The highest BCUT2D eigenvalue weighted by Crippen LogP contribution is 2.27. The second kappa shape index (κ2) is 7.40. The highest BCUT2D eigenvalue weighted by atomic mass is 32.2. The zero-order chi connectivity index (χ0) is 17.8. The molecule has 0 aliphatic heterocycles. The van der Waals surface area contributed by atoms with Crippen molar-refractivity contribution < 1.29 is 13.6 Å². The van der Waals surface area contributed by atoms with Crippen LogP contribution in [-0.2, 0) is 5.75 Å². The average Bonchev–Trinajstić information content (AvgIpc) is 3.37. The van der Waals surface area contributed by atoms with E-state index in [0.29, 0.717) is 28.6 Å². The summed E-state index contributed by atoms with van der Waals surface area (Å²) >= 11 is 1.34. The highest BCUT2D eigenvalue weighted by Gasteiger charge is 2.13. The molecular weight excluding hydrogens is 352 g/mol. The third-order valence-electron chi connectivity index (χ3n) is 3.53. The second-order valence-electron chi connectivity index (χ2n) is 5.26. The van der Waals surface area contributed by atoms with Gasteiger partial charge in [0.1, 0.15) is 5.75 Å². The minimum Gasteiger partial charge on any atom is -0.497 e. The molecule has 0 N–H and O–H groups in total. The Kier molecular flexibility index (Phi) is 4.65. The van der Waals surface area contributed by atoms with Gasteiger partial charge in [0.25, 0.3) is 5.22 Å². The summed E-state index contributed by atoms with van der Waals surface area (Å²) in [7, 11) is 1.61. The molecule has 4 rings (SSSR count). The van der Waals surface area contributed by atoms with E-state index in [9.17, 15) is 0 Å². The molecule has 0 radical (unpaired) electrons. The molecule has 4 aromatic rings. The number of thioether (sulfide) groups is 1. The lowest BCUT2D eigenvalue weighted by atomic mass is 10.2. The second-order valence-corrected chi connectivity index (χ2v) is 6.19. The van der Waals surface area contributed by atoms with E-state index >= 15 is 0 Å². The van der Waals surface area contributed by atoms with Crippen molar-refractivity contribution >= 4 is 11.8 Å². The Morgan fingerprint density at radius 3 is 2.46 bits per heavy atom. The van der Waals surface area contributed by atoms with E-state index in [1.54, 1.807) is 7.11 Å². The molecule has 8 heteroatoms. The van der Waals surface area contributed by atoms with Crippen molar-refractivity contribution in [3.8, 4) is 28.7 Å². The number of rotatable bonds is 6. The van der Waals surface area contributed by atoms with Crippen LogP contribution in [0.2, 0.25) is 0 Å². The van der Waals surface area contributed by atoms with Crippen LogP contribution in [0.15, 0.2) is 68.7 Å². The van der Waals surface area contributed by atoms with Gasteiger partial charge < -0.3 is 13.6 Å². The first-order valence-corrected chi connectivity index (χ1v) is 8.79. The Morgan fingerprint density at radius 2 is 1.62 bits per heavy atom. The fourth-order valence-corrected chi connectivity index (χ4v) is 2.87. The maximum absolute atomic E-state index is 5.69. The maximum Gasteiger partial charge on any atom is 0.277 e. The monoisotopic (exact) mass is 366 g/mol. The predicted octanol–water partition coefficient (Wildman–Crippen LogP) is 4.09. The summed E-state index contributed by atoms with van der Waals surface area (Å²) in [5.74, 6) is 2.57. The van der Waals surface area contributed by atoms with E-state index < -0.39 is 0 Å². The van der Waals surface area contributed by atoms with Crippen molar-refractivity contribution in [3.63, 3.8) is 0 Å². The third kappa shape index (κ3) is 3.60. The summed E-state index contributed by atoms with van der Waals surface area (Å²) in [6, 6.07) is 17.1. The fourth-order valence-electron chi connectivity index (χ4n) is 2.27. The topological polar surface area (TPSA) is 87.1 Å². The summed E-state index contributed by atoms with van der Waals surface area (Å²) in [4.78, 5) is 0. The molecule has 0 spiro atoms. The SMILES string of the molecule is COc1cccc(-c2nnc(CSc3nnc(-c4ccccc4)o3)o2)c1. The van der Waals surface area contributed by atoms with Gasteiger partial charge in [-0.3, -0.25) is 0 Å². The number of ether oxygens (including phenoxy) is 1. The molecule has 7 nitrogen and oxygen atoms in total. The van der Waals surface area contributed by atoms with Gasteiger partial charge in [0.05, 0.1) is 12.9 Å². The van der Waals surface area contributed by atoms with E-state index in [1.807, 2.05) is 54.6 Å². The van der Waals surface area contributed by atoms with E-state index in [0.717, 1.165) is 16.9 Å². The molecule has 130 valence electrons. The van der Waals surface area contributed by atoms with E-state index in [1.165, 1.54) is 11.8 Å². The van der Waals surface area contributed by atoms with Crippen LogP contribution in [0.4, 0.5) is 0 Å². The van der Waals surface area contributed by atoms with Crippen LogP contribution in [0.25, 0.3) is 22.9 Å². The number of benzene rings is 2. The van der Waals surface area contributed by atoms with Crippen LogP contribution < -0.4 is 4.74 Å². The normalized spacial score (nSPS) is 10.8. The molecule has 2 heterocycles. The van der Waals surface area contributed by atoms with Crippen molar-refractivity contribution in [1.29, 1.82) is 0 Å². The summed E-state index contributed by atoms with van der Waals surface area (Å²) in [6.45, 7) is 0. The molecule has 0 aliphatic carbocycles. The van der Waals surface area contributed by atoms with Gasteiger partial charge in [-0.15, -0.1) is 20.4 Å². The minimum absolute atomic E-state index is 0.438. The molecule has 0 amide bonds. The smallest absolute Gasteiger partial charge is 0.277 e. The zero-order valence-corrected chi connectivity index (χ0v) is 14.6. The molecular formula is C18H14N4O3S. The molecule has 0 bridgehead atoms. The van der Waals surface area contributed by atoms with Crippen molar-refractivity contribution in [2.45, 2.75) is 11.0 Å². The molecule has 26 heavy (non-hydrogen) atoms. The molecule has 0 unspecified atom stereocenters. The zero-order valence-electron chi connectivity index (χ0n) is 13.8. The van der Waals surface area contributed by atoms with E-state index in [-0.39, 0.29) is 0 Å². The molecule has 2 aromatic heterocycles. The van der Waals surface area contributed by atoms with Crippen LogP contribution in [0.5, 0.6) is 5.75 Å². The minimum atomic E-state index is 0.438. The van der Waals surface area contributed by atoms with Crippen LogP contribution >= 0.6 is 11.8 Å². The number of nitrogens with zero attached hydrogens (tertiary/aromatic N) is 4. The lowest BCUT2D eigenvalue weighted by molar-refractivity contribution is 0.414. The van der Waals surface area contributed by atoms with E-state index in [4.69, 9.17) is 13.6 Å². The summed E-state index contributed by atoms with van der Waals surface area (Å²) < 4.78 is 16.5. The standard InChI is InChI=1S/C18H14N4O3S/c1-23-14-9-5-8-13(10-14)17-20-19-15(24-17)11-26-18-22-21-16(25-18)12-6-3-2-4-7-12/h2-10H,11H2,1H3. The highest BCUT2D eigenvalue weighted by molar-refractivity contribution is 7.98. The number of aromatic nitrogens is 4. The van der Waals surface area contributed by atoms with Gasteiger partial charge in [-0.2, -0.15) is 0 Å². The maximum atomic E-state index is 5.69. The van der Waals surface area contributed by atoms with Crippen molar-refractivity contribution in [3.05, 3.63) is 60.5 Å². The number of methoxy groups -OCH3 is 1. The molecule has 0 saturated carbocycles. The molecule has 0 fully saturated rings. The summed E-state index contributed by atoms with van der Waals surface area (Å²) in [6.07, 6.45) is 0. The predicted molar refractivity (Wildman–Crippen MR) is 95.6 cm³/mol.